The number of nitrogens with zero attached hydrogens (tertiary/aromatic N) is 10. The molecular formula is C32H36N10O3. The van der Waals surface area contributed by atoms with Crippen LogP contribution in [0.15, 0.2) is 36.8 Å². The fourth-order valence-electron chi connectivity index (χ4n) is 7.37. The number of piperazine rings is 1. The van der Waals surface area contributed by atoms with E-state index in [4.69, 9.17) is 34.3 Å². The first-order valence-corrected chi connectivity index (χ1v) is 15.7. The molecule has 0 radical (unpaired) electrons. The number of hydrogen-bond donors (Lipinski definition) is 0. The zero-order valence-corrected chi connectivity index (χ0v) is 25.8. The Morgan fingerprint density at radius 3 is 2.56 bits per heavy atom. The van der Waals surface area contributed by atoms with E-state index in [9.17, 15) is 0 Å². The number of imidazole rings is 1. The largest absolute Gasteiger partial charge is 0.496 e. The van der Waals surface area contributed by atoms with Crippen LogP contribution in [0.25, 0.3) is 39.0 Å². The molecule has 9 rings (SSSR count). The standard InChI is InChI=1S/C32H36N10O3/c1-19-23-14-34-42(26(23)11-25(35-19)24-13-33-5-4-28(24)43-3)29-12-27-30(31(36-29)41-15-22-10-20(41)18-45-22)37-32(38(27)2)40-8-6-39(7-9-40)21-16-44-17-21/h4-5,11-14,20-22H,6-10,15-18H2,1-3H3/t20-,22-/m1/s1. The summed E-state index contributed by atoms with van der Waals surface area (Å²) >= 11 is 0. The van der Waals surface area contributed by atoms with Crippen LogP contribution in [0.2, 0.25) is 0 Å². The molecule has 13 heteroatoms. The number of aryl methyl sites for hydroxylation is 2. The number of morpholine rings is 1. The molecule has 4 fully saturated rings. The molecule has 0 aliphatic carbocycles. The number of ether oxygens (including phenoxy) is 3. The molecule has 2 bridgehead atoms. The third kappa shape index (κ3) is 4.28. The third-order valence-electron chi connectivity index (χ3n) is 9.97. The molecule has 5 aromatic rings. The number of pyridine rings is 3. The van der Waals surface area contributed by atoms with E-state index in [0.29, 0.717) is 12.1 Å². The molecule has 5 aromatic heterocycles. The van der Waals surface area contributed by atoms with Gasteiger partial charge in [-0.2, -0.15) is 5.10 Å². The maximum Gasteiger partial charge on any atom is 0.206 e. The maximum absolute atomic E-state index is 5.97. The van der Waals surface area contributed by atoms with E-state index in [1.165, 1.54) is 0 Å². The van der Waals surface area contributed by atoms with Crippen molar-refractivity contribution in [1.82, 2.24) is 39.2 Å². The molecule has 0 unspecified atom stereocenters. The second-order valence-electron chi connectivity index (χ2n) is 12.5. The molecule has 0 aromatic carbocycles. The SMILES string of the molecule is COc1ccncc1-c1cc2c(cnn2-c2cc3c(nc(N4CCN(C5COC5)CC4)n3C)c(N3C[C@H]4C[C@@H]3CO4)n2)c(C)n1. The summed E-state index contributed by atoms with van der Waals surface area (Å²) in [5.74, 6) is 3.34. The lowest BCUT2D eigenvalue weighted by Crippen LogP contribution is -2.57. The molecule has 13 nitrogen and oxygen atoms in total. The minimum absolute atomic E-state index is 0.235. The molecule has 0 spiro atoms. The summed E-state index contributed by atoms with van der Waals surface area (Å²) in [5, 5.41) is 5.83. The van der Waals surface area contributed by atoms with Crippen LogP contribution >= 0.6 is 0 Å². The first kappa shape index (κ1) is 27.0. The zero-order valence-electron chi connectivity index (χ0n) is 25.8. The lowest BCUT2D eigenvalue weighted by Gasteiger charge is -2.42. The van der Waals surface area contributed by atoms with Crippen molar-refractivity contribution in [1.29, 1.82) is 0 Å². The Morgan fingerprint density at radius 2 is 1.82 bits per heavy atom. The van der Waals surface area contributed by atoms with Crippen LogP contribution in [-0.2, 0) is 16.5 Å². The number of aromatic nitrogens is 7. The highest BCUT2D eigenvalue weighted by Crippen LogP contribution is 2.38. The van der Waals surface area contributed by atoms with Crippen LogP contribution in [0.4, 0.5) is 11.8 Å². The minimum atomic E-state index is 0.235. The third-order valence-corrected chi connectivity index (χ3v) is 9.97. The summed E-state index contributed by atoms with van der Waals surface area (Å²) in [4.78, 5) is 27.2. The van der Waals surface area contributed by atoms with Crippen molar-refractivity contribution in [2.45, 2.75) is 31.5 Å². The van der Waals surface area contributed by atoms with E-state index < -0.39 is 0 Å². The first-order valence-electron chi connectivity index (χ1n) is 15.7. The van der Waals surface area contributed by atoms with E-state index in [0.717, 1.165) is 121 Å². The van der Waals surface area contributed by atoms with Gasteiger partial charge in [-0.05, 0) is 25.5 Å². The van der Waals surface area contributed by atoms with Crippen LogP contribution < -0.4 is 14.5 Å². The van der Waals surface area contributed by atoms with Gasteiger partial charge in [-0.25, -0.2) is 14.6 Å². The lowest BCUT2D eigenvalue weighted by molar-refractivity contribution is -0.0661. The normalized spacial score (nSPS) is 22.2. The van der Waals surface area contributed by atoms with Crippen LogP contribution in [-0.4, -0.2) is 117 Å². The smallest absolute Gasteiger partial charge is 0.206 e. The summed E-state index contributed by atoms with van der Waals surface area (Å²) in [6.07, 6.45) is 6.64. The van der Waals surface area contributed by atoms with Gasteiger partial charge in [-0.3, -0.25) is 14.9 Å². The minimum Gasteiger partial charge on any atom is -0.496 e. The van der Waals surface area contributed by atoms with Crippen molar-refractivity contribution in [3.05, 3.63) is 42.5 Å². The van der Waals surface area contributed by atoms with Gasteiger partial charge in [-0.15, -0.1) is 0 Å². The summed E-state index contributed by atoms with van der Waals surface area (Å²) in [5.41, 5.74) is 5.37. The fraction of sp³-hybridized carbons (Fsp3) is 0.469. The van der Waals surface area contributed by atoms with E-state index in [1.54, 1.807) is 19.5 Å². The molecule has 0 N–H and O–H groups in total. The van der Waals surface area contributed by atoms with Crippen molar-refractivity contribution < 1.29 is 14.2 Å². The second kappa shape index (κ2) is 10.4. The Kier molecular flexibility index (Phi) is 6.22. The molecule has 232 valence electrons. The van der Waals surface area contributed by atoms with Gasteiger partial charge < -0.3 is 28.6 Å². The van der Waals surface area contributed by atoms with Gasteiger partial charge in [0.25, 0.3) is 0 Å². The monoisotopic (exact) mass is 608 g/mol. The Balaban J connectivity index is 1.17. The summed E-state index contributed by atoms with van der Waals surface area (Å²) in [6, 6.07) is 6.87. The number of rotatable bonds is 6. The molecule has 2 atom stereocenters. The lowest BCUT2D eigenvalue weighted by atomic mass is 10.1. The van der Waals surface area contributed by atoms with Gasteiger partial charge in [0.15, 0.2) is 11.6 Å². The molecular weight excluding hydrogens is 572 g/mol. The predicted octanol–water partition coefficient (Wildman–Crippen LogP) is 2.58. The van der Waals surface area contributed by atoms with Crippen molar-refractivity contribution in [3.8, 4) is 22.8 Å². The van der Waals surface area contributed by atoms with Gasteiger partial charge >= 0.3 is 0 Å². The van der Waals surface area contributed by atoms with Gasteiger partial charge in [0.05, 0.1) is 73.6 Å². The van der Waals surface area contributed by atoms with Crippen molar-refractivity contribution in [2.75, 3.05) is 69.5 Å². The second-order valence-corrected chi connectivity index (χ2v) is 12.5. The summed E-state index contributed by atoms with van der Waals surface area (Å²) in [7, 11) is 3.78. The van der Waals surface area contributed by atoms with Gasteiger partial charge in [0.1, 0.15) is 11.3 Å². The first-order chi connectivity index (χ1) is 22.1. The number of methoxy groups -OCH3 is 1. The highest BCUT2D eigenvalue weighted by Gasteiger charge is 2.41. The molecule has 0 saturated carbocycles. The maximum atomic E-state index is 5.97. The van der Waals surface area contributed by atoms with Crippen LogP contribution in [0.5, 0.6) is 5.75 Å². The van der Waals surface area contributed by atoms with Crippen LogP contribution in [0.1, 0.15) is 12.1 Å². The number of hydrogen-bond acceptors (Lipinski definition) is 11. The van der Waals surface area contributed by atoms with E-state index in [1.807, 2.05) is 29.9 Å². The van der Waals surface area contributed by atoms with E-state index in [2.05, 4.69) is 37.4 Å². The Bertz CT molecular complexity index is 1930. The zero-order chi connectivity index (χ0) is 30.2. The quantitative estimate of drug-likeness (QED) is 0.284. The summed E-state index contributed by atoms with van der Waals surface area (Å²) in [6.45, 7) is 9.13. The predicted molar refractivity (Wildman–Crippen MR) is 169 cm³/mol. The number of fused-ring (bicyclic) bond motifs is 4. The van der Waals surface area contributed by atoms with Gasteiger partial charge in [0, 0.05) is 69.3 Å². The van der Waals surface area contributed by atoms with Gasteiger partial charge in [0.2, 0.25) is 5.95 Å². The Labute approximate surface area is 260 Å². The Morgan fingerprint density at radius 1 is 0.956 bits per heavy atom. The van der Waals surface area contributed by atoms with Crippen LogP contribution in [0.3, 0.4) is 0 Å². The molecule has 4 aliphatic heterocycles. The average Bonchev–Trinajstić information content (AvgIpc) is 3.84. The van der Waals surface area contributed by atoms with Crippen LogP contribution in [0, 0.1) is 6.92 Å². The van der Waals surface area contributed by atoms with Crippen molar-refractivity contribution in [3.63, 3.8) is 0 Å². The highest BCUT2D eigenvalue weighted by molar-refractivity contribution is 5.92. The molecule has 4 saturated heterocycles. The highest BCUT2D eigenvalue weighted by atomic mass is 16.5. The van der Waals surface area contributed by atoms with Gasteiger partial charge in [-0.1, -0.05) is 0 Å². The van der Waals surface area contributed by atoms with E-state index in [-0.39, 0.29) is 6.10 Å². The van der Waals surface area contributed by atoms with Crippen molar-refractivity contribution >= 4 is 33.7 Å². The Hall–Kier alpha value is -4.33. The molecule has 9 heterocycles. The number of anilines is 2. The van der Waals surface area contributed by atoms with Crippen molar-refractivity contribution in [2.24, 2.45) is 7.05 Å². The summed E-state index contributed by atoms with van der Waals surface area (Å²) < 4.78 is 21.2. The average molecular weight is 609 g/mol. The van der Waals surface area contributed by atoms with E-state index >= 15 is 0 Å². The topological polar surface area (TPSA) is 112 Å². The molecule has 4 aliphatic rings. The molecule has 45 heavy (non-hydrogen) atoms. The molecule has 0 amide bonds. The fourth-order valence-corrected chi connectivity index (χ4v) is 7.37.